The van der Waals surface area contributed by atoms with E-state index < -0.39 is 6.03 Å². The highest BCUT2D eigenvalue weighted by atomic mass is 16.2. The highest BCUT2D eigenvalue weighted by Gasteiger charge is 2.30. The summed E-state index contributed by atoms with van der Waals surface area (Å²) in [6.07, 6.45) is 2.23. The molecule has 0 aliphatic heterocycles. The maximum absolute atomic E-state index is 12.2. The Morgan fingerprint density at radius 3 is 2.38 bits per heavy atom. The molecule has 1 fully saturated rings. The van der Waals surface area contributed by atoms with Gasteiger partial charge in [-0.1, -0.05) is 18.2 Å². The Bertz CT molecular complexity index is 616. The molecule has 1 aromatic rings. The second kappa shape index (κ2) is 7.34. The molecule has 0 atom stereocenters. The van der Waals surface area contributed by atoms with Gasteiger partial charge in [0, 0.05) is 18.1 Å². The molecule has 0 unspecified atom stereocenters. The van der Waals surface area contributed by atoms with Crippen LogP contribution in [0.1, 0.15) is 50.3 Å². The second-order valence-electron chi connectivity index (χ2n) is 7.81. The third-order valence-corrected chi connectivity index (χ3v) is 4.11. The summed E-state index contributed by atoms with van der Waals surface area (Å²) in [6, 6.07) is 6.42. The number of aryl methyl sites for hydroxylation is 2. The molecule has 0 aromatic heterocycles. The fourth-order valence-electron chi connectivity index (χ4n) is 2.61. The minimum atomic E-state index is -0.436. The zero-order valence-corrected chi connectivity index (χ0v) is 15.4. The Morgan fingerprint density at radius 1 is 1.17 bits per heavy atom. The van der Waals surface area contributed by atoms with Gasteiger partial charge in [-0.05, 0) is 64.2 Å². The third-order valence-electron chi connectivity index (χ3n) is 4.11. The quantitative estimate of drug-likeness (QED) is 0.872. The van der Waals surface area contributed by atoms with Crippen molar-refractivity contribution >= 4 is 11.9 Å². The molecule has 0 spiro atoms. The predicted octanol–water partition coefficient (Wildman–Crippen LogP) is 2.89. The molecule has 5 heteroatoms. The Morgan fingerprint density at radius 2 is 1.83 bits per heavy atom. The molecule has 2 N–H and O–H groups in total. The van der Waals surface area contributed by atoms with Gasteiger partial charge in [0.1, 0.15) is 0 Å². The van der Waals surface area contributed by atoms with E-state index in [0.29, 0.717) is 6.04 Å². The van der Waals surface area contributed by atoms with Gasteiger partial charge in [0.25, 0.3) is 0 Å². The molecule has 132 valence electrons. The van der Waals surface area contributed by atoms with E-state index in [1.807, 2.05) is 20.8 Å². The summed E-state index contributed by atoms with van der Waals surface area (Å²) < 4.78 is 0. The van der Waals surface area contributed by atoms with E-state index in [0.717, 1.165) is 19.4 Å². The van der Waals surface area contributed by atoms with Crippen LogP contribution in [-0.4, -0.2) is 35.0 Å². The van der Waals surface area contributed by atoms with Crippen LogP contribution in [0.5, 0.6) is 0 Å². The van der Waals surface area contributed by atoms with Gasteiger partial charge in [-0.2, -0.15) is 0 Å². The van der Waals surface area contributed by atoms with Gasteiger partial charge in [0.05, 0.1) is 6.54 Å². The first-order valence-corrected chi connectivity index (χ1v) is 8.56. The number of urea groups is 1. The molecule has 1 saturated carbocycles. The lowest BCUT2D eigenvalue weighted by Gasteiger charge is -2.23. The van der Waals surface area contributed by atoms with Crippen molar-refractivity contribution in [3.05, 3.63) is 34.9 Å². The number of nitrogens with one attached hydrogen (secondary N) is 2. The molecule has 0 saturated heterocycles. The van der Waals surface area contributed by atoms with Gasteiger partial charge in [0.2, 0.25) is 5.91 Å². The van der Waals surface area contributed by atoms with Crippen molar-refractivity contribution in [3.63, 3.8) is 0 Å². The number of rotatable bonds is 5. The molecule has 0 heterocycles. The van der Waals surface area contributed by atoms with Crippen molar-refractivity contribution < 1.29 is 9.59 Å². The first-order chi connectivity index (χ1) is 11.1. The van der Waals surface area contributed by atoms with Crippen LogP contribution in [-0.2, 0) is 11.3 Å². The first-order valence-electron chi connectivity index (χ1n) is 8.56. The lowest BCUT2D eigenvalue weighted by Crippen LogP contribution is -2.50. The van der Waals surface area contributed by atoms with Gasteiger partial charge >= 0.3 is 6.03 Å². The summed E-state index contributed by atoms with van der Waals surface area (Å²) in [5.41, 5.74) is 3.38. The predicted molar refractivity (Wildman–Crippen MR) is 95.8 cm³/mol. The van der Waals surface area contributed by atoms with Gasteiger partial charge < -0.3 is 5.32 Å². The van der Waals surface area contributed by atoms with Crippen molar-refractivity contribution in [2.24, 2.45) is 0 Å². The van der Waals surface area contributed by atoms with Crippen LogP contribution >= 0.6 is 0 Å². The van der Waals surface area contributed by atoms with Crippen LogP contribution in [0.3, 0.4) is 0 Å². The molecule has 0 radical (unpaired) electrons. The molecule has 1 aromatic carbocycles. The minimum absolute atomic E-state index is 0.245. The number of nitrogens with zero attached hydrogens (tertiary/aromatic N) is 1. The van der Waals surface area contributed by atoms with E-state index in [1.54, 1.807) is 0 Å². The lowest BCUT2D eigenvalue weighted by atomic mass is 10.1. The minimum Gasteiger partial charge on any atom is -0.333 e. The molecular formula is C19H29N3O2. The first kappa shape index (κ1) is 18.5. The Kier molecular flexibility index (Phi) is 5.65. The van der Waals surface area contributed by atoms with Gasteiger partial charge in [0.15, 0.2) is 0 Å². The highest BCUT2D eigenvalue weighted by molar-refractivity contribution is 5.95. The van der Waals surface area contributed by atoms with E-state index in [1.165, 1.54) is 16.7 Å². The molecule has 24 heavy (non-hydrogen) atoms. The van der Waals surface area contributed by atoms with E-state index >= 15 is 0 Å². The molecule has 0 bridgehead atoms. The Hall–Kier alpha value is -1.88. The number of hydrogen-bond donors (Lipinski definition) is 2. The third kappa shape index (κ3) is 5.96. The number of carbonyl (C=O) groups excluding carboxylic acids is 2. The van der Waals surface area contributed by atoms with E-state index in [9.17, 15) is 9.59 Å². The van der Waals surface area contributed by atoms with Crippen molar-refractivity contribution in [3.8, 4) is 0 Å². The smallest absolute Gasteiger partial charge is 0.321 e. The van der Waals surface area contributed by atoms with Gasteiger partial charge in [-0.25, -0.2) is 4.79 Å². The number of carbonyl (C=O) groups is 2. The monoisotopic (exact) mass is 331 g/mol. The Balaban J connectivity index is 1.92. The number of imide groups is 1. The Labute approximate surface area is 144 Å². The van der Waals surface area contributed by atoms with Crippen molar-refractivity contribution in [1.29, 1.82) is 0 Å². The largest absolute Gasteiger partial charge is 0.333 e. The summed E-state index contributed by atoms with van der Waals surface area (Å²) in [6.45, 7) is 10.8. The lowest BCUT2D eigenvalue weighted by molar-refractivity contribution is -0.121. The summed E-state index contributed by atoms with van der Waals surface area (Å²) in [7, 11) is 0. The molecule has 1 aliphatic rings. The van der Waals surface area contributed by atoms with Crippen molar-refractivity contribution in [2.45, 2.75) is 65.6 Å². The molecule has 3 amide bonds. The van der Waals surface area contributed by atoms with E-state index in [2.05, 4.69) is 47.6 Å². The van der Waals surface area contributed by atoms with Crippen molar-refractivity contribution in [2.75, 3.05) is 6.54 Å². The van der Waals surface area contributed by atoms with Crippen LogP contribution < -0.4 is 10.6 Å². The maximum Gasteiger partial charge on any atom is 0.321 e. The van der Waals surface area contributed by atoms with Crippen molar-refractivity contribution in [1.82, 2.24) is 15.5 Å². The standard InChI is InChI=1S/C19H29N3O2/c1-13-6-7-15(10-14(13)2)11-22(16-8-9-16)12-17(23)20-18(24)21-19(3,4)5/h6-7,10,16H,8-9,11-12H2,1-5H3,(H2,20,21,23,24). The zero-order chi connectivity index (χ0) is 17.9. The summed E-state index contributed by atoms with van der Waals surface area (Å²) in [4.78, 5) is 26.2. The number of benzene rings is 1. The number of amides is 3. The number of hydrogen-bond acceptors (Lipinski definition) is 3. The van der Waals surface area contributed by atoms with E-state index in [4.69, 9.17) is 0 Å². The van der Waals surface area contributed by atoms with Crippen LogP contribution in [0.25, 0.3) is 0 Å². The SMILES string of the molecule is Cc1ccc(CN(CC(=O)NC(=O)NC(C)(C)C)C2CC2)cc1C. The molecule has 2 rings (SSSR count). The zero-order valence-electron chi connectivity index (χ0n) is 15.4. The normalized spacial score (nSPS) is 14.6. The fourth-order valence-corrected chi connectivity index (χ4v) is 2.61. The highest BCUT2D eigenvalue weighted by Crippen LogP contribution is 2.28. The molecule has 1 aliphatic carbocycles. The average molecular weight is 331 g/mol. The summed E-state index contributed by atoms with van der Waals surface area (Å²) in [5, 5.41) is 5.17. The van der Waals surface area contributed by atoms with Gasteiger partial charge in [-0.3, -0.25) is 15.0 Å². The van der Waals surface area contributed by atoms with Crippen LogP contribution in [0, 0.1) is 13.8 Å². The molecular weight excluding hydrogens is 302 g/mol. The second-order valence-corrected chi connectivity index (χ2v) is 7.81. The van der Waals surface area contributed by atoms with Crippen LogP contribution in [0.2, 0.25) is 0 Å². The molecule has 5 nitrogen and oxygen atoms in total. The average Bonchev–Trinajstić information content (AvgIpc) is 3.24. The van der Waals surface area contributed by atoms with E-state index in [-0.39, 0.29) is 18.0 Å². The van der Waals surface area contributed by atoms with Crippen LogP contribution in [0.15, 0.2) is 18.2 Å². The van der Waals surface area contributed by atoms with Gasteiger partial charge in [-0.15, -0.1) is 0 Å². The maximum atomic E-state index is 12.2. The fraction of sp³-hybridized carbons (Fsp3) is 0.579. The van der Waals surface area contributed by atoms with Crippen LogP contribution in [0.4, 0.5) is 4.79 Å². The summed E-state index contributed by atoms with van der Waals surface area (Å²) in [5.74, 6) is -0.257. The topological polar surface area (TPSA) is 61.4 Å². The summed E-state index contributed by atoms with van der Waals surface area (Å²) >= 11 is 0.